The molecule has 0 unspecified atom stereocenters. The summed E-state index contributed by atoms with van der Waals surface area (Å²) in [4.78, 5) is 109. The van der Waals surface area contributed by atoms with Crippen molar-refractivity contribution in [2.75, 3.05) is 26.3 Å². The first-order chi connectivity index (χ1) is 42.6. The van der Waals surface area contributed by atoms with E-state index in [0.29, 0.717) is 43.0 Å². The molecule has 4 amide bonds. The third kappa shape index (κ3) is 22.2. The Morgan fingerprint density at radius 3 is 1.42 bits per heavy atom. The summed E-state index contributed by atoms with van der Waals surface area (Å²) in [6, 6.07) is 8.28. The lowest BCUT2D eigenvalue weighted by Gasteiger charge is -2.30. The number of allylic oxidation sites excluding steroid dienone is 4. The Morgan fingerprint density at radius 1 is 0.620 bits per heavy atom. The van der Waals surface area contributed by atoms with Crippen LogP contribution in [0.2, 0.25) is 0 Å². The second-order valence-corrected chi connectivity index (χ2v) is 31.8. The third-order valence-electron chi connectivity index (χ3n) is 16.4. The lowest BCUT2D eigenvalue weighted by atomic mass is 9.91. The molecule has 2 saturated carbocycles. The van der Waals surface area contributed by atoms with Gasteiger partial charge in [0, 0.05) is 58.4 Å². The van der Waals surface area contributed by atoms with Gasteiger partial charge >= 0.3 is 24.1 Å². The van der Waals surface area contributed by atoms with Crippen LogP contribution in [0.3, 0.4) is 0 Å². The average molecular weight is 1480 g/mol. The minimum atomic E-state index is -4.23. The van der Waals surface area contributed by atoms with Crippen molar-refractivity contribution in [1.82, 2.24) is 20.4 Å². The molecule has 10 atom stereocenters. The Hall–Kier alpha value is -5.25. The maximum absolute atomic E-state index is 14.1. The zero-order valence-electron chi connectivity index (χ0n) is 52.9. The van der Waals surface area contributed by atoms with Crippen molar-refractivity contribution < 1.29 is 83.4 Å². The predicted molar refractivity (Wildman–Crippen MR) is 351 cm³/mol. The molecule has 0 aromatic heterocycles. The molecule has 4 aliphatic heterocycles. The molecule has 22 nitrogen and oxygen atoms in total. The number of Topliss-reactive ketones (excluding diaryl/α,β-unsaturated/α-hetero) is 2. The lowest BCUT2D eigenvalue weighted by Crippen LogP contribution is -2.52. The predicted octanol–water partition coefficient (Wildman–Crippen LogP) is 11.0. The van der Waals surface area contributed by atoms with Crippen LogP contribution in [-0.4, -0.2) is 153 Å². The number of carbonyl (C=O) groups excluding carboxylic acids is 8. The lowest BCUT2D eigenvalue weighted by molar-refractivity contribution is -0.153. The molecule has 2 aliphatic carbocycles. The van der Waals surface area contributed by atoms with Gasteiger partial charge in [-0.3, -0.25) is 33.0 Å². The molecule has 0 bridgehead atoms. The van der Waals surface area contributed by atoms with Gasteiger partial charge in [-0.1, -0.05) is 89.3 Å². The molecule has 512 valence electrons. The van der Waals surface area contributed by atoms with Crippen LogP contribution in [0.5, 0.6) is 0 Å². The maximum Gasteiger partial charge on any atom is 0.408 e. The fourth-order valence-corrected chi connectivity index (χ4v) is 14.1. The highest BCUT2D eigenvalue weighted by Gasteiger charge is 2.63. The second-order valence-electron chi connectivity index (χ2n) is 25.8. The number of benzene rings is 2. The van der Waals surface area contributed by atoms with Crippen molar-refractivity contribution in [2.24, 2.45) is 22.7 Å². The monoisotopic (exact) mass is 1470 g/mol. The van der Waals surface area contributed by atoms with E-state index >= 15 is 0 Å². The molecule has 0 radical (unpaired) electrons. The summed E-state index contributed by atoms with van der Waals surface area (Å²) >= 11 is 6.46. The molecular formula is C65H91Br2ClN4O18S2. The van der Waals surface area contributed by atoms with Crippen molar-refractivity contribution in [3.63, 3.8) is 0 Å². The number of rotatable bonds is 10. The number of amides is 4. The highest BCUT2D eigenvalue weighted by Crippen LogP contribution is 2.59. The van der Waals surface area contributed by atoms with Crippen LogP contribution in [-0.2, 0) is 71.1 Å². The molecule has 2 aromatic carbocycles. The van der Waals surface area contributed by atoms with Gasteiger partial charge in [-0.2, -0.15) is 8.42 Å². The molecule has 6 aliphatic rings. The molecule has 0 spiro atoms. The van der Waals surface area contributed by atoms with Crippen LogP contribution in [0.25, 0.3) is 0 Å². The number of halogens is 3. The minimum Gasteiger partial charge on any atom is -0.466 e. The molecule has 4 heterocycles. The largest absolute Gasteiger partial charge is 0.466 e. The van der Waals surface area contributed by atoms with E-state index in [1.165, 1.54) is 34.1 Å². The van der Waals surface area contributed by atoms with Gasteiger partial charge in [-0.25, -0.2) is 18.0 Å². The second kappa shape index (κ2) is 33.4. The number of nitrogens with one attached hydrogen (secondary N) is 2. The topological polar surface area (TPSA) is 302 Å². The van der Waals surface area contributed by atoms with Gasteiger partial charge in [-0.15, -0.1) is 0 Å². The van der Waals surface area contributed by atoms with Crippen molar-refractivity contribution in [2.45, 2.75) is 223 Å². The first-order valence-corrected chi connectivity index (χ1v) is 36.3. The van der Waals surface area contributed by atoms with Gasteiger partial charge in [-0.05, 0) is 167 Å². The molecule has 2 saturated heterocycles. The van der Waals surface area contributed by atoms with E-state index in [1.54, 1.807) is 79.7 Å². The molecule has 8 rings (SSSR count). The van der Waals surface area contributed by atoms with E-state index in [9.17, 15) is 60.3 Å². The number of esters is 2. The molecule has 92 heavy (non-hydrogen) atoms. The highest BCUT2D eigenvalue weighted by molar-refractivity contribution is 9.10. The summed E-state index contributed by atoms with van der Waals surface area (Å²) in [5.41, 5.74) is -3.45. The van der Waals surface area contributed by atoms with E-state index in [-0.39, 0.29) is 98.6 Å². The number of alkyl carbamates (subject to hydrolysis) is 2. The first-order valence-electron chi connectivity index (χ1n) is 31.0. The summed E-state index contributed by atoms with van der Waals surface area (Å²) in [5.74, 6) is -2.64. The van der Waals surface area contributed by atoms with E-state index < -0.39 is 108 Å². The summed E-state index contributed by atoms with van der Waals surface area (Å²) < 4.78 is 76.2. The van der Waals surface area contributed by atoms with Gasteiger partial charge in [0.25, 0.3) is 19.2 Å². The smallest absolute Gasteiger partial charge is 0.408 e. The number of ketones is 2. The third-order valence-corrected chi connectivity index (χ3v) is 20.2. The Kier molecular flexibility index (Phi) is 28.1. The normalized spacial score (nSPS) is 27.9. The number of fused-ring (bicyclic) bond motifs is 4. The Bertz CT molecular complexity index is 3230. The minimum absolute atomic E-state index is 0. The molecule has 3 N–H and O–H groups in total. The first kappa shape index (κ1) is 77.5. The Labute approximate surface area is 563 Å². The standard InChI is InChI=1S/C32H43BrN2O9S.C26H40N2O7.C6H4BrClO2S.CH4/c1-5-42-29(38)32-18-21(32)11-9-7-6-8-10-12-25(34-30(39)43-31(2,3)4)28(37)35-20-23(17-26(35)27(36)19-32)44-45(40,41)24-15-13-22(33)14-16-24;1-5-34-23(32)26-14-17(26)11-9-7-6-8-10-12-19(27-24(33)35-25(2,3)4)22(31)28-16-18(29)13-20(28)21(30)15-26;7-5-1-3-6(4-2-5)11(8,9)10;/h9,11,13-16,21,23,25-26H,5-8,10,12,17-20H2,1-4H3,(H,34,39);9,11,17-20,29H,5-8,10,12-16H2,1-4H3,(H,27,33);1-4H;1H4/b2*11-9-;;/t21-,23+,25+,26+,32-;17-,18+,19+,20+,26-;;/m11../s1. The summed E-state index contributed by atoms with van der Waals surface area (Å²) in [6.07, 6.45) is 12.7. The molecule has 4 fully saturated rings. The Morgan fingerprint density at radius 2 is 1.02 bits per heavy atom. The number of nitrogens with zero attached hydrogens (tertiary/aromatic N) is 2. The SMILES string of the molecule is C.CCOC(=O)[C@]12CC(=O)[C@@H]3C[C@H](O)CN3C(=O)[C@@H](NC(=O)OC(C)(C)C)CCCCC/C=C\[C@@H]1C2.CCOC(=O)[C@]12CC(=O)[C@@H]3C[C@H](OS(=O)(=O)c4ccc(Br)cc4)CN3C(=O)[C@@H](NC(=O)OC(C)(C)C)CCCCC/C=C\[C@@H]1C2.O=S(=O)(Cl)c1ccc(Br)cc1. The van der Waals surface area contributed by atoms with Gasteiger partial charge < -0.3 is 44.5 Å². The van der Waals surface area contributed by atoms with Crippen LogP contribution >= 0.6 is 42.5 Å². The Balaban J connectivity index is 0.000000289. The van der Waals surface area contributed by atoms with E-state index in [0.717, 1.165) is 43.0 Å². The van der Waals surface area contributed by atoms with Crippen molar-refractivity contribution in [3.8, 4) is 0 Å². The zero-order chi connectivity index (χ0) is 67.3. The fraction of sp³-hybridized carbons (Fsp3) is 0.631. The van der Waals surface area contributed by atoms with E-state index in [2.05, 4.69) is 48.6 Å². The number of aliphatic hydroxyl groups excluding tert-OH is 1. The van der Waals surface area contributed by atoms with Gasteiger partial charge in [0.2, 0.25) is 11.8 Å². The summed E-state index contributed by atoms with van der Waals surface area (Å²) in [5, 5.41) is 15.7. The molecular weight excluding hydrogens is 1380 g/mol. The van der Waals surface area contributed by atoms with E-state index in [4.69, 9.17) is 33.8 Å². The van der Waals surface area contributed by atoms with Crippen LogP contribution in [0.4, 0.5) is 9.59 Å². The van der Waals surface area contributed by atoms with Crippen LogP contribution in [0.15, 0.2) is 91.6 Å². The number of hydrogen-bond donors (Lipinski definition) is 3. The van der Waals surface area contributed by atoms with Crippen molar-refractivity contribution >= 4 is 109 Å². The van der Waals surface area contributed by atoms with Gasteiger partial charge in [0.15, 0.2) is 11.6 Å². The number of aliphatic hydroxyl groups is 1. The quantitative estimate of drug-likeness (QED) is 0.0654. The van der Waals surface area contributed by atoms with Crippen molar-refractivity contribution in [3.05, 3.63) is 81.8 Å². The van der Waals surface area contributed by atoms with Crippen molar-refractivity contribution in [1.29, 1.82) is 0 Å². The number of ether oxygens (including phenoxy) is 4. The van der Waals surface area contributed by atoms with E-state index in [1.807, 2.05) is 18.2 Å². The summed E-state index contributed by atoms with van der Waals surface area (Å²) in [7, 11) is -2.73. The van der Waals surface area contributed by atoms with Crippen LogP contribution in [0.1, 0.15) is 166 Å². The van der Waals surface area contributed by atoms with Gasteiger partial charge in [0.05, 0.1) is 58.1 Å². The van der Waals surface area contributed by atoms with Crippen LogP contribution in [0, 0.1) is 22.7 Å². The van der Waals surface area contributed by atoms with Gasteiger partial charge in [0.1, 0.15) is 23.3 Å². The van der Waals surface area contributed by atoms with Crippen LogP contribution < -0.4 is 10.6 Å². The zero-order valence-corrected chi connectivity index (χ0v) is 58.5. The average Bonchev–Trinajstić information content (AvgIpc) is 1.59. The number of hydrogen-bond acceptors (Lipinski definition) is 18. The number of carbonyl (C=O) groups is 8. The fourth-order valence-electron chi connectivity index (χ4n) is 11.7. The molecule has 27 heteroatoms. The summed E-state index contributed by atoms with van der Waals surface area (Å²) in [6.45, 7) is 14.0. The molecule has 2 aromatic rings. The highest BCUT2D eigenvalue weighted by atomic mass is 79.9. The maximum atomic E-state index is 14.1.